The highest BCUT2D eigenvalue weighted by Gasteiger charge is 2.36. The Balaban J connectivity index is 0.865. The molecule has 0 N–H and O–H groups in total. The molecule has 1 aliphatic rings. The highest BCUT2D eigenvalue weighted by atomic mass is 32.1. The maximum absolute atomic E-state index is 4.76. The molecular formula is C55H36N2S. The van der Waals surface area contributed by atoms with Gasteiger partial charge in [0, 0.05) is 48.8 Å². The third-order valence-electron chi connectivity index (χ3n) is 12.6. The molecule has 0 radical (unpaired) electrons. The Morgan fingerprint density at radius 2 is 0.879 bits per heavy atom. The monoisotopic (exact) mass is 756 g/mol. The van der Waals surface area contributed by atoms with Crippen LogP contribution in [-0.2, 0) is 5.41 Å². The zero-order valence-corrected chi connectivity index (χ0v) is 32.9. The maximum Gasteiger partial charge on any atom is 0.0971 e. The van der Waals surface area contributed by atoms with Gasteiger partial charge in [0.05, 0.1) is 11.0 Å². The molecule has 1 aliphatic carbocycles. The molecule has 2 heterocycles. The van der Waals surface area contributed by atoms with Crippen LogP contribution in [0.25, 0.3) is 108 Å². The van der Waals surface area contributed by atoms with E-state index >= 15 is 0 Å². The van der Waals surface area contributed by atoms with Gasteiger partial charge in [-0.05, 0) is 108 Å². The Labute approximate surface area is 340 Å². The van der Waals surface area contributed by atoms with Gasteiger partial charge in [-0.3, -0.25) is 9.97 Å². The molecule has 272 valence electrons. The van der Waals surface area contributed by atoms with Crippen LogP contribution >= 0.6 is 11.3 Å². The second kappa shape index (κ2) is 12.5. The molecule has 2 nitrogen and oxygen atoms in total. The molecule has 58 heavy (non-hydrogen) atoms. The van der Waals surface area contributed by atoms with Crippen molar-refractivity contribution in [2.45, 2.75) is 19.3 Å². The summed E-state index contributed by atoms with van der Waals surface area (Å²) in [7, 11) is 0. The molecule has 0 spiro atoms. The molecule has 0 atom stereocenters. The van der Waals surface area contributed by atoms with Gasteiger partial charge < -0.3 is 0 Å². The predicted octanol–water partition coefficient (Wildman–Crippen LogP) is 15.3. The van der Waals surface area contributed by atoms with Gasteiger partial charge in [0.1, 0.15) is 0 Å². The minimum absolute atomic E-state index is 0.149. The van der Waals surface area contributed by atoms with Crippen LogP contribution in [0.2, 0.25) is 0 Å². The van der Waals surface area contributed by atoms with Crippen molar-refractivity contribution in [3.8, 4) is 55.6 Å². The van der Waals surface area contributed by atoms with E-state index in [1.807, 2.05) is 11.3 Å². The van der Waals surface area contributed by atoms with E-state index in [2.05, 4.69) is 184 Å². The summed E-state index contributed by atoms with van der Waals surface area (Å²) >= 11 is 1.89. The number of nitrogens with zero attached hydrogens (tertiary/aromatic N) is 2. The summed E-state index contributed by atoms with van der Waals surface area (Å²) in [5.74, 6) is 0. The Morgan fingerprint density at radius 3 is 1.60 bits per heavy atom. The average molecular weight is 757 g/mol. The number of thiophene rings is 1. The van der Waals surface area contributed by atoms with Gasteiger partial charge in [-0.2, -0.15) is 0 Å². The van der Waals surface area contributed by atoms with Gasteiger partial charge in [-0.25, -0.2) is 0 Å². The van der Waals surface area contributed by atoms with E-state index in [1.54, 1.807) is 12.4 Å². The average Bonchev–Trinajstić information content (AvgIpc) is 3.78. The Kier molecular flexibility index (Phi) is 7.18. The Bertz CT molecular complexity index is 3450. The van der Waals surface area contributed by atoms with Crippen molar-refractivity contribution in [3.05, 3.63) is 193 Å². The third-order valence-corrected chi connectivity index (χ3v) is 13.8. The maximum atomic E-state index is 4.76. The fraction of sp³-hybridized carbons (Fsp3) is 0.0545. The molecule has 0 fully saturated rings. The summed E-state index contributed by atoms with van der Waals surface area (Å²) in [4.78, 5) is 9.48. The third kappa shape index (κ3) is 4.97. The quantitative estimate of drug-likeness (QED) is 0.167. The molecule has 3 heteroatoms. The summed E-state index contributed by atoms with van der Waals surface area (Å²) in [5.41, 5.74) is 17.0. The van der Waals surface area contributed by atoms with Crippen LogP contribution in [0.3, 0.4) is 0 Å². The van der Waals surface area contributed by atoms with Crippen LogP contribution in [-0.4, -0.2) is 9.97 Å². The van der Waals surface area contributed by atoms with Crippen molar-refractivity contribution < 1.29 is 0 Å². The number of hydrogen-bond acceptors (Lipinski definition) is 3. The lowest BCUT2D eigenvalue weighted by Gasteiger charge is -2.23. The van der Waals surface area contributed by atoms with E-state index < -0.39 is 0 Å². The van der Waals surface area contributed by atoms with E-state index in [9.17, 15) is 0 Å². The summed E-state index contributed by atoms with van der Waals surface area (Å²) in [6.07, 6.45) is 3.58. The lowest BCUT2D eigenvalue weighted by Crippen LogP contribution is -2.15. The van der Waals surface area contributed by atoms with Crippen LogP contribution in [0.15, 0.2) is 182 Å². The zero-order chi connectivity index (χ0) is 38.5. The molecule has 0 saturated heterocycles. The van der Waals surface area contributed by atoms with Gasteiger partial charge in [0.15, 0.2) is 0 Å². The van der Waals surface area contributed by atoms with Crippen LogP contribution in [0.1, 0.15) is 25.0 Å². The molecule has 0 amide bonds. The second-order valence-electron chi connectivity index (χ2n) is 16.1. The van der Waals surface area contributed by atoms with Crippen LogP contribution in [0, 0.1) is 0 Å². The summed E-state index contributed by atoms with van der Waals surface area (Å²) in [5, 5.41) is 7.35. The van der Waals surface area contributed by atoms with Crippen LogP contribution in [0.5, 0.6) is 0 Å². The van der Waals surface area contributed by atoms with Crippen LogP contribution < -0.4 is 0 Å². The fourth-order valence-electron chi connectivity index (χ4n) is 9.60. The van der Waals surface area contributed by atoms with Gasteiger partial charge in [0.2, 0.25) is 0 Å². The first-order valence-electron chi connectivity index (χ1n) is 20.0. The predicted molar refractivity (Wildman–Crippen MR) is 247 cm³/mol. The van der Waals surface area contributed by atoms with Crippen molar-refractivity contribution >= 4 is 64.1 Å². The van der Waals surface area contributed by atoms with Gasteiger partial charge in [-0.15, -0.1) is 11.3 Å². The fourth-order valence-corrected chi connectivity index (χ4v) is 10.8. The molecule has 0 unspecified atom stereocenters. The molecule has 0 bridgehead atoms. The van der Waals surface area contributed by atoms with Crippen molar-refractivity contribution in [2.24, 2.45) is 0 Å². The highest BCUT2D eigenvalue weighted by Crippen LogP contribution is 2.51. The number of rotatable bonds is 4. The second-order valence-corrected chi connectivity index (χ2v) is 17.2. The molecular weight excluding hydrogens is 721 g/mol. The van der Waals surface area contributed by atoms with Crippen molar-refractivity contribution in [1.29, 1.82) is 0 Å². The molecule has 12 rings (SSSR count). The molecule has 11 aromatic rings. The van der Waals surface area contributed by atoms with Crippen molar-refractivity contribution in [2.75, 3.05) is 0 Å². The topological polar surface area (TPSA) is 25.8 Å². The van der Waals surface area contributed by atoms with Crippen LogP contribution in [0.4, 0.5) is 0 Å². The largest absolute Gasteiger partial charge is 0.252 e. The van der Waals surface area contributed by atoms with E-state index in [4.69, 9.17) is 9.97 Å². The summed E-state index contributed by atoms with van der Waals surface area (Å²) < 4.78 is 2.68. The van der Waals surface area contributed by atoms with E-state index in [0.717, 1.165) is 21.8 Å². The molecule has 9 aromatic carbocycles. The van der Waals surface area contributed by atoms with E-state index in [1.165, 1.54) is 97.7 Å². The number of benzene rings is 9. The lowest BCUT2D eigenvalue weighted by atomic mass is 9.80. The van der Waals surface area contributed by atoms with Gasteiger partial charge in [-0.1, -0.05) is 153 Å². The first-order valence-corrected chi connectivity index (χ1v) is 20.8. The standard InChI is InChI=1S/C55H36N2S/c1-55(2)49-31-37(34-19-17-33(18-20-34)35-9-7-10-39(29-35)40-14-8-15-47-44-12-5-6-16-51(44)58-54(40)47)21-24-42(49)43-25-22-38(32-50(43)55)36-23-26-46-48(30-36)41-11-3-4-13-45(41)52-53(46)57-28-27-56-52/h3-32H,1-2H3. The number of hydrogen-bond donors (Lipinski definition) is 0. The van der Waals surface area contributed by atoms with Gasteiger partial charge >= 0.3 is 0 Å². The van der Waals surface area contributed by atoms with Crippen molar-refractivity contribution in [3.63, 3.8) is 0 Å². The van der Waals surface area contributed by atoms with Crippen molar-refractivity contribution in [1.82, 2.24) is 9.97 Å². The highest BCUT2D eigenvalue weighted by molar-refractivity contribution is 7.26. The number of aromatic nitrogens is 2. The SMILES string of the molecule is CC1(C)c2cc(-c3ccc(-c4cccc(-c5cccc6c5sc5ccccc56)c4)cc3)ccc2-c2ccc(-c3ccc4c(c3)c3ccccc3c3nccnc43)cc21. The summed E-state index contributed by atoms with van der Waals surface area (Å²) in [6.45, 7) is 4.75. The lowest BCUT2D eigenvalue weighted by molar-refractivity contribution is 0.661. The van der Waals surface area contributed by atoms with Gasteiger partial charge in [0.25, 0.3) is 0 Å². The molecule has 0 aliphatic heterocycles. The first kappa shape index (κ1) is 33.2. The normalized spacial score (nSPS) is 13.1. The Hall–Kier alpha value is -6.94. The van der Waals surface area contributed by atoms with E-state index in [0.29, 0.717) is 0 Å². The number of fused-ring (bicyclic) bond motifs is 12. The Morgan fingerprint density at radius 1 is 0.362 bits per heavy atom. The smallest absolute Gasteiger partial charge is 0.0971 e. The minimum Gasteiger partial charge on any atom is -0.252 e. The zero-order valence-electron chi connectivity index (χ0n) is 32.1. The molecule has 0 saturated carbocycles. The first-order chi connectivity index (χ1) is 28.5. The summed E-state index contributed by atoms with van der Waals surface area (Å²) in [6, 6.07) is 63.0. The minimum atomic E-state index is -0.149. The van der Waals surface area contributed by atoms with E-state index in [-0.39, 0.29) is 5.41 Å². The molecule has 2 aromatic heterocycles.